The van der Waals surface area contributed by atoms with Gasteiger partial charge in [0, 0.05) is 6.42 Å². The first-order chi connectivity index (χ1) is 8.10. The highest BCUT2D eigenvalue weighted by Crippen LogP contribution is 2.13. The Hall–Kier alpha value is -1.26. The molecule has 1 N–H and O–H groups in total. The molecule has 1 atom stereocenters. The van der Waals surface area contributed by atoms with Crippen molar-refractivity contribution in [3.05, 3.63) is 0 Å². The number of carboxylic acid groups (broad SMARTS) is 1. The lowest BCUT2D eigenvalue weighted by Gasteiger charge is -2.16. The van der Waals surface area contributed by atoms with E-state index < -0.39 is 12.1 Å². The molecule has 0 saturated heterocycles. The molecule has 0 amide bonds. The number of carbonyl (C=O) groups excluding carboxylic acids is 1. The Bertz CT molecular complexity index is 227. The third-order valence-corrected chi connectivity index (χ3v) is 2.33. The second kappa shape index (κ2) is 9.93. The van der Waals surface area contributed by atoms with E-state index in [1.54, 1.807) is 6.92 Å². The lowest BCUT2D eigenvalue weighted by Crippen LogP contribution is -2.20. The van der Waals surface area contributed by atoms with Crippen molar-refractivity contribution in [3.8, 4) is 0 Å². The summed E-state index contributed by atoms with van der Waals surface area (Å²) >= 11 is 0. The summed E-state index contributed by atoms with van der Waals surface area (Å²) in [5.74, 6) is -0.877. The van der Waals surface area contributed by atoms with Crippen molar-refractivity contribution in [1.82, 2.24) is 0 Å². The molecule has 0 aromatic heterocycles. The molecule has 0 aliphatic heterocycles. The number of hydrogen-bond donors (Lipinski definition) is 1. The Kier molecular flexibility index (Phi) is 9.19. The van der Waals surface area contributed by atoms with E-state index >= 15 is 0 Å². The molecule has 5 heteroatoms. The summed E-state index contributed by atoms with van der Waals surface area (Å²) in [4.78, 5) is 21.6. The zero-order valence-electron chi connectivity index (χ0n) is 10.6. The molecule has 0 saturated carbocycles. The van der Waals surface area contributed by atoms with E-state index in [0.29, 0.717) is 12.8 Å². The quantitative estimate of drug-likeness (QED) is 0.500. The Balaban J connectivity index is 3.99. The largest absolute Gasteiger partial charge is 0.508 e. The molecule has 0 rings (SSSR count). The Morgan fingerprint density at radius 1 is 1.18 bits per heavy atom. The van der Waals surface area contributed by atoms with Crippen LogP contribution in [0.1, 0.15) is 52.4 Å². The zero-order chi connectivity index (χ0) is 13.1. The fourth-order valence-electron chi connectivity index (χ4n) is 1.46. The van der Waals surface area contributed by atoms with Crippen LogP contribution in [0, 0.1) is 0 Å². The zero-order valence-corrected chi connectivity index (χ0v) is 10.6. The first kappa shape index (κ1) is 15.7. The van der Waals surface area contributed by atoms with E-state index in [4.69, 9.17) is 9.84 Å². The van der Waals surface area contributed by atoms with E-state index in [1.807, 2.05) is 0 Å². The molecule has 5 nitrogen and oxygen atoms in total. The molecule has 0 fully saturated rings. The SMILES string of the molecule is CCCCCC(CCC(=O)O)OC(=O)OCC. The molecule has 0 spiro atoms. The number of hydrogen-bond acceptors (Lipinski definition) is 4. The van der Waals surface area contributed by atoms with Gasteiger partial charge in [-0.25, -0.2) is 4.79 Å². The third-order valence-electron chi connectivity index (χ3n) is 2.33. The van der Waals surface area contributed by atoms with Crippen molar-refractivity contribution in [2.24, 2.45) is 0 Å². The number of unbranched alkanes of at least 4 members (excludes halogenated alkanes) is 2. The average molecular weight is 246 g/mol. The molecule has 0 aromatic carbocycles. The van der Waals surface area contributed by atoms with Crippen LogP contribution >= 0.6 is 0 Å². The molecule has 0 radical (unpaired) electrons. The van der Waals surface area contributed by atoms with Gasteiger partial charge in [0.2, 0.25) is 0 Å². The standard InChI is InChI=1S/C12H22O5/c1-3-5-6-7-10(8-9-11(13)14)17-12(15)16-4-2/h10H,3-9H2,1-2H3,(H,13,14). The van der Waals surface area contributed by atoms with Crippen molar-refractivity contribution in [3.63, 3.8) is 0 Å². The number of rotatable bonds is 9. The van der Waals surface area contributed by atoms with Crippen LogP contribution < -0.4 is 0 Å². The molecule has 0 aromatic rings. The second-order valence-corrected chi connectivity index (χ2v) is 3.85. The van der Waals surface area contributed by atoms with Gasteiger partial charge in [0.25, 0.3) is 0 Å². The highest BCUT2D eigenvalue weighted by atomic mass is 16.7. The van der Waals surface area contributed by atoms with Gasteiger partial charge >= 0.3 is 12.1 Å². The molecule has 17 heavy (non-hydrogen) atoms. The van der Waals surface area contributed by atoms with Gasteiger partial charge in [-0.2, -0.15) is 0 Å². The average Bonchev–Trinajstić information content (AvgIpc) is 2.26. The maximum Gasteiger partial charge on any atom is 0.508 e. The van der Waals surface area contributed by atoms with Crippen LogP contribution in [0.5, 0.6) is 0 Å². The van der Waals surface area contributed by atoms with E-state index in [1.165, 1.54) is 0 Å². The maximum atomic E-state index is 11.1. The Labute approximate surface area is 102 Å². The molecule has 0 heterocycles. The molecule has 0 aliphatic rings. The highest BCUT2D eigenvalue weighted by Gasteiger charge is 2.16. The fourth-order valence-corrected chi connectivity index (χ4v) is 1.46. The van der Waals surface area contributed by atoms with Crippen LogP contribution in [-0.2, 0) is 14.3 Å². The highest BCUT2D eigenvalue weighted by molar-refractivity contribution is 5.66. The van der Waals surface area contributed by atoms with Gasteiger partial charge in [0.05, 0.1) is 6.61 Å². The molecular weight excluding hydrogens is 224 g/mol. The summed E-state index contributed by atoms with van der Waals surface area (Å²) in [5.41, 5.74) is 0. The van der Waals surface area contributed by atoms with Crippen LogP contribution in [0.25, 0.3) is 0 Å². The summed E-state index contributed by atoms with van der Waals surface area (Å²) < 4.78 is 9.74. The lowest BCUT2D eigenvalue weighted by molar-refractivity contribution is -0.137. The van der Waals surface area contributed by atoms with Crippen LogP contribution in [0.3, 0.4) is 0 Å². The van der Waals surface area contributed by atoms with Crippen LogP contribution in [0.4, 0.5) is 4.79 Å². The van der Waals surface area contributed by atoms with Crippen LogP contribution in [0.2, 0.25) is 0 Å². The van der Waals surface area contributed by atoms with Crippen molar-refractivity contribution < 1.29 is 24.2 Å². The summed E-state index contributed by atoms with van der Waals surface area (Å²) in [5, 5.41) is 8.60. The van der Waals surface area contributed by atoms with Crippen molar-refractivity contribution >= 4 is 12.1 Å². The van der Waals surface area contributed by atoms with Gasteiger partial charge < -0.3 is 14.6 Å². The molecule has 100 valence electrons. The van der Waals surface area contributed by atoms with E-state index in [2.05, 4.69) is 11.7 Å². The topological polar surface area (TPSA) is 72.8 Å². The second-order valence-electron chi connectivity index (χ2n) is 3.85. The summed E-state index contributed by atoms with van der Waals surface area (Å²) in [6.45, 7) is 4.04. The van der Waals surface area contributed by atoms with Gasteiger partial charge in [0.1, 0.15) is 6.10 Å². The predicted molar refractivity (Wildman–Crippen MR) is 62.9 cm³/mol. The smallest absolute Gasteiger partial charge is 0.481 e. The van der Waals surface area contributed by atoms with Gasteiger partial charge in [0.15, 0.2) is 0 Å². The van der Waals surface area contributed by atoms with Gasteiger partial charge in [-0.15, -0.1) is 0 Å². The predicted octanol–water partition coefficient (Wildman–Crippen LogP) is 2.97. The monoisotopic (exact) mass is 246 g/mol. The van der Waals surface area contributed by atoms with Gasteiger partial charge in [-0.1, -0.05) is 19.8 Å². The van der Waals surface area contributed by atoms with Crippen LogP contribution in [-0.4, -0.2) is 29.9 Å². The number of carbonyl (C=O) groups is 2. The molecule has 0 bridgehead atoms. The van der Waals surface area contributed by atoms with Gasteiger partial charge in [-0.05, 0) is 26.2 Å². The molecule has 1 unspecified atom stereocenters. The minimum absolute atomic E-state index is 0.0101. The first-order valence-electron chi connectivity index (χ1n) is 6.15. The third kappa shape index (κ3) is 9.66. The lowest BCUT2D eigenvalue weighted by atomic mass is 10.1. The number of ether oxygens (including phenoxy) is 2. The number of aliphatic carboxylic acids is 1. The summed E-state index contributed by atoms with van der Waals surface area (Å²) in [6.07, 6.45) is 3.05. The van der Waals surface area contributed by atoms with Crippen molar-refractivity contribution in [2.75, 3.05) is 6.61 Å². The minimum atomic E-state index is -0.877. The molecular formula is C12H22O5. The van der Waals surface area contributed by atoms with Crippen LogP contribution in [0.15, 0.2) is 0 Å². The normalized spacial score (nSPS) is 11.9. The van der Waals surface area contributed by atoms with Gasteiger partial charge in [-0.3, -0.25) is 4.79 Å². The fraction of sp³-hybridized carbons (Fsp3) is 0.833. The summed E-state index contributed by atoms with van der Waals surface area (Å²) in [6, 6.07) is 0. The first-order valence-corrected chi connectivity index (χ1v) is 6.15. The maximum absolute atomic E-state index is 11.1. The van der Waals surface area contributed by atoms with Crippen molar-refractivity contribution in [2.45, 2.75) is 58.5 Å². The van der Waals surface area contributed by atoms with E-state index in [0.717, 1.165) is 19.3 Å². The number of carboxylic acids is 1. The minimum Gasteiger partial charge on any atom is -0.481 e. The Morgan fingerprint density at radius 2 is 1.88 bits per heavy atom. The molecule has 0 aliphatic carbocycles. The van der Waals surface area contributed by atoms with E-state index in [9.17, 15) is 9.59 Å². The summed E-state index contributed by atoms with van der Waals surface area (Å²) in [7, 11) is 0. The van der Waals surface area contributed by atoms with E-state index in [-0.39, 0.29) is 19.1 Å². The van der Waals surface area contributed by atoms with Crippen molar-refractivity contribution in [1.29, 1.82) is 0 Å². The Morgan fingerprint density at radius 3 is 2.41 bits per heavy atom.